The van der Waals surface area contributed by atoms with Gasteiger partial charge in [0.25, 0.3) is 0 Å². The summed E-state index contributed by atoms with van der Waals surface area (Å²) >= 11 is 0. The fourth-order valence-corrected chi connectivity index (χ4v) is 2.74. The second-order valence-electron chi connectivity index (χ2n) is 6.71. The Kier molecular flexibility index (Phi) is 4.66. The maximum absolute atomic E-state index is 12.7. The highest BCUT2D eigenvalue weighted by Gasteiger charge is 2.29. The summed E-state index contributed by atoms with van der Waals surface area (Å²) in [4.78, 5) is 16.9. The van der Waals surface area contributed by atoms with Crippen LogP contribution < -0.4 is 5.32 Å². The molecule has 3 rings (SSSR count). The molecule has 0 aliphatic carbocycles. The fourth-order valence-electron chi connectivity index (χ4n) is 2.74. The number of anilines is 1. The van der Waals surface area contributed by atoms with Crippen molar-refractivity contribution in [1.29, 1.82) is 0 Å². The number of benzene rings is 2. The van der Waals surface area contributed by atoms with Gasteiger partial charge in [0.05, 0.1) is 5.41 Å². The number of nitrogens with zero attached hydrogens (tertiary/aromatic N) is 1. The van der Waals surface area contributed by atoms with Crippen LogP contribution in [-0.4, -0.2) is 10.9 Å². The molecular formula is C22H22N2O. The minimum Gasteiger partial charge on any atom is -0.325 e. The lowest BCUT2D eigenvalue weighted by atomic mass is 9.83. The van der Waals surface area contributed by atoms with Crippen molar-refractivity contribution >= 4 is 11.6 Å². The van der Waals surface area contributed by atoms with E-state index in [0.717, 1.165) is 28.1 Å². The predicted octanol–water partition coefficient (Wildman–Crippen LogP) is 4.97. The van der Waals surface area contributed by atoms with E-state index in [1.807, 2.05) is 93.7 Å². The van der Waals surface area contributed by atoms with Crippen LogP contribution in [0.15, 0.2) is 72.9 Å². The number of rotatable bonds is 4. The van der Waals surface area contributed by atoms with Gasteiger partial charge < -0.3 is 5.32 Å². The van der Waals surface area contributed by atoms with E-state index >= 15 is 0 Å². The summed E-state index contributed by atoms with van der Waals surface area (Å²) in [6, 6.07) is 21.8. The minimum absolute atomic E-state index is 0.0220. The average molecular weight is 330 g/mol. The van der Waals surface area contributed by atoms with Gasteiger partial charge in [-0.05, 0) is 61.7 Å². The Morgan fingerprint density at radius 1 is 0.920 bits per heavy atom. The van der Waals surface area contributed by atoms with E-state index in [1.165, 1.54) is 0 Å². The molecule has 3 heteroatoms. The van der Waals surface area contributed by atoms with Gasteiger partial charge in [-0.1, -0.05) is 42.5 Å². The zero-order chi connectivity index (χ0) is 17.9. The third-order valence-corrected chi connectivity index (χ3v) is 4.44. The van der Waals surface area contributed by atoms with E-state index < -0.39 is 5.41 Å². The van der Waals surface area contributed by atoms with Crippen molar-refractivity contribution in [3.63, 3.8) is 0 Å². The van der Waals surface area contributed by atoms with Gasteiger partial charge in [0.1, 0.15) is 0 Å². The standard InChI is InChI=1S/C22H22N2O/c1-16-15-18(13-14-23-16)17-9-11-20(12-10-17)24-21(25)22(2,3)19-7-5-4-6-8-19/h4-15H,1-3H3,(H,24,25). The molecule has 2 aromatic carbocycles. The number of pyridine rings is 1. The molecule has 0 bridgehead atoms. The Balaban J connectivity index is 1.76. The van der Waals surface area contributed by atoms with Gasteiger partial charge in [-0.15, -0.1) is 0 Å². The lowest BCUT2D eigenvalue weighted by Gasteiger charge is -2.24. The summed E-state index contributed by atoms with van der Waals surface area (Å²) in [7, 11) is 0. The lowest BCUT2D eigenvalue weighted by molar-refractivity contribution is -0.120. The number of hydrogen-bond donors (Lipinski definition) is 1. The molecule has 0 spiro atoms. The Labute approximate surface area is 148 Å². The van der Waals surface area contributed by atoms with Crippen molar-refractivity contribution < 1.29 is 4.79 Å². The van der Waals surface area contributed by atoms with E-state index in [4.69, 9.17) is 0 Å². The van der Waals surface area contributed by atoms with E-state index in [2.05, 4.69) is 10.3 Å². The molecule has 0 saturated carbocycles. The molecule has 1 aromatic heterocycles. The zero-order valence-electron chi connectivity index (χ0n) is 14.8. The molecule has 0 aliphatic rings. The first kappa shape index (κ1) is 16.9. The molecule has 126 valence electrons. The highest BCUT2D eigenvalue weighted by molar-refractivity contribution is 5.98. The van der Waals surface area contributed by atoms with Crippen LogP contribution in [0.4, 0.5) is 5.69 Å². The molecule has 3 aromatic rings. The van der Waals surface area contributed by atoms with E-state index in [9.17, 15) is 4.79 Å². The van der Waals surface area contributed by atoms with Crippen LogP contribution in [0.25, 0.3) is 11.1 Å². The van der Waals surface area contributed by atoms with Crippen LogP contribution in [-0.2, 0) is 10.2 Å². The Morgan fingerprint density at radius 2 is 1.60 bits per heavy atom. The number of carbonyl (C=O) groups is 1. The summed E-state index contributed by atoms with van der Waals surface area (Å²) in [5.74, 6) is -0.0220. The van der Waals surface area contributed by atoms with Crippen LogP contribution in [0.5, 0.6) is 0 Å². The van der Waals surface area contributed by atoms with Gasteiger partial charge in [0, 0.05) is 17.6 Å². The highest BCUT2D eigenvalue weighted by atomic mass is 16.2. The molecule has 0 saturated heterocycles. The molecule has 25 heavy (non-hydrogen) atoms. The van der Waals surface area contributed by atoms with Crippen molar-refractivity contribution in [3.8, 4) is 11.1 Å². The summed E-state index contributed by atoms with van der Waals surface area (Å²) in [6.07, 6.45) is 1.81. The molecule has 1 amide bonds. The maximum atomic E-state index is 12.7. The fraction of sp³-hybridized carbons (Fsp3) is 0.182. The molecule has 0 aliphatic heterocycles. The number of amides is 1. The van der Waals surface area contributed by atoms with E-state index in [-0.39, 0.29) is 5.91 Å². The molecule has 0 radical (unpaired) electrons. The zero-order valence-corrected chi connectivity index (χ0v) is 14.8. The highest BCUT2D eigenvalue weighted by Crippen LogP contribution is 2.26. The van der Waals surface area contributed by atoms with E-state index in [1.54, 1.807) is 0 Å². The van der Waals surface area contributed by atoms with E-state index in [0.29, 0.717) is 0 Å². The van der Waals surface area contributed by atoms with Crippen molar-refractivity contribution in [2.75, 3.05) is 5.32 Å². The number of hydrogen-bond acceptors (Lipinski definition) is 2. The van der Waals surface area contributed by atoms with Crippen molar-refractivity contribution in [1.82, 2.24) is 4.98 Å². The largest absolute Gasteiger partial charge is 0.325 e. The first-order chi connectivity index (χ1) is 12.0. The Bertz CT molecular complexity index is 868. The van der Waals surface area contributed by atoms with Crippen LogP contribution in [0.3, 0.4) is 0 Å². The van der Waals surface area contributed by atoms with Crippen LogP contribution >= 0.6 is 0 Å². The van der Waals surface area contributed by atoms with Gasteiger partial charge >= 0.3 is 0 Å². The average Bonchev–Trinajstić information content (AvgIpc) is 2.63. The number of aryl methyl sites for hydroxylation is 1. The van der Waals surface area contributed by atoms with Gasteiger partial charge in [0.2, 0.25) is 5.91 Å². The normalized spacial score (nSPS) is 11.2. The summed E-state index contributed by atoms with van der Waals surface area (Å²) in [5.41, 5.74) is 4.41. The van der Waals surface area contributed by atoms with Gasteiger partial charge in [-0.2, -0.15) is 0 Å². The van der Waals surface area contributed by atoms with Crippen molar-refractivity contribution in [3.05, 3.63) is 84.2 Å². The molecule has 1 heterocycles. The molecule has 0 unspecified atom stereocenters. The van der Waals surface area contributed by atoms with Gasteiger partial charge in [-0.25, -0.2) is 0 Å². The predicted molar refractivity (Wildman–Crippen MR) is 103 cm³/mol. The molecule has 0 fully saturated rings. The smallest absolute Gasteiger partial charge is 0.234 e. The SMILES string of the molecule is Cc1cc(-c2ccc(NC(=O)C(C)(C)c3ccccc3)cc2)ccn1. The van der Waals surface area contributed by atoms with Crippen molar-refractivity contribution in [2.45, 2.75) is 26.2 Å². The summed E-state index contributed by atoms with van der Waals surface area (Å²) < 4.78 is 0. The monoisotopic (exact) mass is 330 g/mol. The van der Waals surface area contributed by atoms with Crippen LogP contribution in [0.1, 0.15) is 25.1 Å². The van der Waals surface area contributed by atoms with Gasteiger partial charge in [0.15, 0.2) is 0 Å². The molecule has 0 atom stereocenters. The van der Waals surface area contributed by atoms with Crippen LogP contribution in [0.2, 0.25) is 0 Å². The third-order valence-electron chi connectivity index (χ3n) is 4.44. The number of aromatic nitrogens is 1. The van der Waals surface area contributed by atoms with Crippen molar-refractivity contribution in [2.24, 2.45) is 0 Å². The van der Waals surface area contributed by atoms with Gasteiger partial charge in [-0.3, -0.25) is 9.78 Å². The molecule has 3 nitrogen and oxygen atoms in total. The molecular weight excluding hydrogens is 308 g/mol. The third kappa shape index (κ3) is 3.77. The first-order valence-corrected chi connectivity index (χ1v) is 8.37. The first-order valence-electron chi connectivity index (χ1n) is 8.37. The number of carbonyl (C=O) groups excluding carboxylic acids is 1. The van der Waals surface area contributed by atoms with Crippen LogP contribution in [0, 0.1) is 6.92 Å². The number of nitrogens with one attached hydrogen (secondary N) is 1. The maximum Gasteiger partial charge on any atom is 0.234 e. The molecule has 1 N–H and O–H groups in total. The second kappa shape index (κ2) is 6.89. The quantitative estimate of drug-likeness (QED) is 0.733. The topological polar surface area (TPSA) is 42.0 Å². The Hall–Kier alpha value is -2.94. The summed E-state index contributed by atoms with van der Waals surface area (Å²) in [5, 5.41) is 3.02. The second-order valence-corrected chi connectivity index (χ2v) is 6.71. The minimum atomic E-state index is -0.595. The lowest BCUT2D eigenvalue weighted by Crippen LogP contribution is -2.34. The summed E-state index contributed by atoms with van der Waals surface area (Å²) in [6.45, 7) is 5.85. The Morgan fingerprint density at radius 3 is 2.24 bits per heavy atom.